The van der Waals surface area contributed by atoms with Crippen LogP contribution in [0.1, 0.15) is 0 Å². The summed E-state index contributed by atoms with van der Waals surface area (Å²) in [5, 5.41) is 7.57. The second-order valence-corrected chi connectivity index (χ2v) is 3.53. The van der Waals surface area contributed by atoms with Crippen molar-refractivity contribution in [3.05, 3.63) is 0 Å². The largest absolute Gasteiger partial charge is 0.477 e. The van der Waals surface area contributed by atoms with Gasteiger partial charge in [0.2, 0.25) is 0 Å². The van der Waals surface area contributed by atoms with Crippen LogP contribution in [0, 0.1) is 0 Å². The van der Waals surface area contributed by atoms with Gasteiger partial charge in [0, 0.05) is 0 Å². The van der Waals surface area contributed by atoms with Crippen molar-refractivity contribution in [2.75, 3.05) is 0 Å². The molecule has 0 aliphatic heterocycles. The van der Waals surface area contributed by atoms with Gasteiger partial charge in [-0.15, -0.1) is 0 Å². The maximum atomic E-state index is 12.6. The molecule has 4 N–H and O–H groups in total. The lowest BCUT2D eigenvalue weighted by Crippen LogP contribution is -2.69. The van der Waals surface area contributed by atoms with Crippen molar-refractivity contribution in [2.45, 2.75) is 36.0 Å². The fourth-order valence-corrected chi connectivity index (χ4v) is 0.875. The highest BCUT2D eigenvalue weighted by Crippen LogP contribution is 2.58. The van der Waals surface area contributed by atoms with E-state index in [-0.39, 0.29) is 6.15 Å². The van der Waals surface area contributed by atoms with Gasteiger partial charge in [0.1, 0.15) is 0 Å². The van der Waals surface area contributed by atoms with E-state index in [0.717, 1.165) is 0 Å². The molecule has 0 radical (unpaired) electrons. The van der Waals surface area contributed by atoms with Crippen molar-refractivity contribution in [3.63, 3.8) is 0 Å². The van der Waals surface area contributed by atoms with E-state index in [1.165, 1.54) is 0 Å². The van der Waals surface area contributed by atoms with Crippen molar-refractivity contribution >= 4 is 5.97 Å². The minimum atomic E-state index is -7.80. The van der Waals surface area contributed by atoms with Crippen LogP contribution >= 0.6 is 0 Å². The fraction of sp³-hybridized carbons (Fsp3) is 0.857. The zero-order chi connectivity index (χ0) is 17.7. The third-order valence-corrected chi connectivity index (χ3v) is 2.14. The Morgan fingerprint density at radius 1 is 0.727 bits per heavy atom. The summed E-state index contributed by atoms with van der Waals surface area (Å²) in [6.45, 7) is 0. The molecule has 0 aromatic rings. The molecular formula is C7H5F12NO2. The van der Waals surface area contributed by atoms with Gasteiger partial charge in [0.25, 0.3) is 0 Å². The van der Waals surface area contributed by atoms with Crippen LogP contribution in [0.2, 0.25) is 0 Å². The van der Waals surface area contributed by atoms with Crippen molar-refractivity contribution in [2.24, 2.45) is 0 Å². The topological polar surface area (TPSA) is 72.3 Å². The Morgan fingerprint density at radius 2 is 1.05 bits per heavy atom. The summed E-state index contributed by atoms with van der Waals surface area (Å²) in [6.07, 6.45) is -5.62. The van der Waals surface area contributed by atoms with Gasteiger partial charge in [-0.25, -0.2) is 13.6 Å². The summed E-state index contributed by atoms with van der Waals surface area (Å²) in [6, 6.07) is 0. The Hall–Kier alpha value is -1.41. The summed E-state index contributed by atoms with van der Waals surface area (Å²) >= 11 is 0. The Bertz CT molecular complexity index is 420. The molecule has 22 heavy (non-hydrogen) atoms. The van der Waals surface area contributed by atoms with Gasteiger partial charge >= 0.3 is 42.0 Å². The van der Waals surface area contributed by atoms with Crippen molar-refractivity contribution in [1.29, 1.82) is 0 Å². The van der Waals surface area contributed by atoms with Crippen LogP contribution in [0.4, 0.5) is 52.7 Å². The maximum absolute atomic E-state index is 12.6. The predicted molar refractivity (Wildman–Crippen MR) is 43.4 cm³/mol. The number of aliphatic carboxylic acids is 1. The Balaban J connectivity index is 0. The number of hydrogen-bond acceptors (Lipinski definition) is 2. The molecule has 0 atom stereocenters. The Labute approximate surface area is 112 Å². The van der Waals surface area contributed by atoms with Gasteiger partial charge in [0.15, 0.2) is 0 Å². The SMILES string of the molecule is N.O=C(O)C(F)(F)C(F)(F)C(F)(F)C(F)(F)C(F)(F)C(F)F. The summed E-state index contributed by atoms with van der Waals surface area (Å²) in [5.41, 5.74) is 0. The first-order valence-electron chi connectivity index (χ1n) is 4.29. The van der Waals surface area contributed by atoms with Crippen LogP contribution in [0.25, 0.3) is 0 Å². The third-order valence-electron chi connectivity index (χ3n) is 2.14. The predicted octanol–water partition coefficient (Wildman–Crippen LogP) is 3.67. The average Bonchev–Trinajstić information content (AvgIpc) is 2.27. The zero-order valence-electron chi connectivity index (χ0n) is 9.68. The maximum Gasteiger partial charge on any atom is 0.410 e. The van der Waals surface area contributed by atoms with Gasteiger partial charge in [-0.1, -0.05) is 0 Å². The molecular weight excluding hydrogens is 358 g/mol. The number of carboxylic acids is 1. The van der Waals surface area contributed by atoms with E-state index in [1.807, 2.05) is 0 Å². The normalized spacial score (nSPS) is 14.8. The molecule has 3 nitrogen and oxygen atoms in total. The summed E-state index contributed by atoms with van der Waals surface area (Å²) < 4.78 is 148. The molecule has 0 amide bonds. The standard InChI is InChI=1S/C7H2F12O2.H3N/c8-1(9)3(10,11)5(14,15)7(18,19)6(16,17)4(12,13)2(20)21;/h1H,(H,20,21);1H3. The highest BCUT2D eigenvalue weighted by Gasteiger charge is 2.89. The lowest BCUT2D eigenvalue weighted by Gasteiger charge is -2.37. The van der Waals surface area contributed by atoms with Crippen LogP contribution in [0.5, 0.6) is 0 Å². The third kappa shape index (κ3) is 2.65. The number of halogens is 12. The highest BCUT2D eigenvalue weighted by molar-refractivity contribution is 5.77. The molecule has 134 valence electrons. The quantitative estimate of drug-likeness (QED) is 0.708. The molecule has 0 aliphatic carbocycles. The van der Waals surface area contributed by atoms with E-state index >= 15 is 0 Å². The molecule has 0 bridgehead atoms. The first-order chi connectivity index (χ1) is 8.89. The molecule has 0 heterocycles. The number of carboxylic acid groups (broad SMARTS) is 1. The molecule has 0 saturated heterocycles. The van der Waals surface area contributed by atoms with Gasteiger partial charge in [-0.3, -0.25) is 0 Å². The first kappa shape index (κ1) is 22.9. The Morgan fingerprint density at radius 3 is 1.27 bits per heavy atom. The minimum absolute atomic E-state index is 0. The molecule has 0 aliphatic rings. The smallest absolute Gasteiger partial charge is 0.410 e. The van der Waals surface area contributed by atoms with Gasteiger partial charge in [0.05, 0.1) is 0 Å². The van der Waals surface area contributed by atoms with Crippen molar-refractivity contribution < 1.29 is 62.6 Å². The first-order valence-corrected chi connectivity index (χ1v) is 4.29. The van der Waals surface area contributed by atoms with Crippen LogP contribution in [0.3, 0.4) is 0 Å². The number of hydrogen-bond donors (Lipinski definition) is 2. The number of alkyl halides is 12. The highest BCUT2D eigenvalue weighted by atomic mass is 19.4. The molecule has 0 unspecified atom stereocenters. The number of rotatable bonds is 6. The molecule has 15 heteroatoms. The minimum Gasteiger partial charge on any atom is -0.477 e. The molecule has 0 spiro atoms. The van der Waals surface area contributed by atoms with Gasteiger partial charge in [-0.05, 0) is 0 Å². The van der Waals surface area contributed by atoms with E-state index in [2.05, 4.69) is 0 Å². The molecule has 0 fully saturated rings. The second kappa shape index (κ2) is 5.66. The molecule has 0 saturated carbocycles. The lowest BCUT2D eigenvalue weighted by atomic mass is 9.94. The van der Waals surface area contributed by atoms with E-state index in [1.54, 1.807) is 0 Å². The van der Waals surface area contributed by atoms with E-state index < -0.39 is 42.0 Å². The van der Waals surface area contributed by atoms with Crippen LogP contribution in [0.15, 0.2) is 0 Å². The Kier molecular flexibility index (Phi) is 5.88. The van der Waals surface area contributed by atoms with Crippen molar-refractivity contribution in [1.82, 2.24) is 6.15 Å². The zero-order valence-corrected chi connectivity index (χ0v) is 9.68. The van der Waals surface area contributed by atoms with Crippen LogP contribution < -0.4 is 6.15 Å². The van der Waals surface area contributed by atoms with E-state index in [9.17, 15) is 57.5 Å². The van der Waals surface area contributed by atoms with E-state index in [0.29, 0.717) is 0 Å². The van der Waals surface area contributed by atoms with Crippen molar-refractivity contribution in [3.8, 4) is 0 Å². The second-order valence-electron chi connectivity index (χ2n) is 3.53. The lowest BCUT2D eigenvalue weighted by molar-refractivity contribution is -0.408. The fourth-order valence-electron chi connectivity index (χ4n) is 0.875. The van der Waals surface area contributed by atoms with Gasteiger partial charge in [-0.2, -0.15) is 43.9 Å². The molecule has 0 rings (SSSR count). The monoisotopic (exact) mass is 363 g/mol. The summed E-state index contributed by atoms with van der Waals surface area (Å²) in [5.74, 6) is -41.2. The van der Waals surface area contributed by atoms with Gasteiger partial charge < -0.3 is 11.3 Å². The summed E-state index contributed by atoms with van der Waals surface area (Å²) in [7, 11) is 0. The van der Waals surface area contributed by atoms with E-state index in [4.69, 9.17) is 5.11 Å². The average molecular weight is 363 g/mol. The van der Waals surface area contributed by atoms with Crippen LogP contribution in [-0.2, 0) is 4.79 Å². The molecule has 0 aromatic heterocycles. The molecule has 0 aromatic carbocycles. The summed E-state index contributed by atoms with van der Waals surface area (Å²) in [4.78, 5) is 9.68. The van der Waals surface area contributed by atoms with Crippen LogP contribution in [-0.4, -0.2) is 47.1 Å². The number of carbonyl (C=O) groups is 1.